The standard InChI is InChI=1S/C24H33FO5/c1-15-8-9-19-16(2)21(11-13-26-14-17-6-4-5-7-20(17)25)27-22-24(19)18(15)10-12-23(3,28-22)29-30-24/h4-7,15-16,18-19,21-22H,8-14H2,1-3H3/t15-,16-,18+,19+,21-,22-,23?,24-/m1/s1. The molecule has 0 amide bonds. The molecule has 6 heteroatoms. The van der Waals surface area contributed by atoms with Crippen molar-refractivity contribution < 1.29 is 28.4 Å². The van der Waals surface area contributed by atoms with Crippen LogP contribution in [-0.2, 0) is 30.6 Å². The maximum Gasteiger partial charge on any atom is 0.201 e. The Morgan fingerprint density at radius 3 is 2.77 bits per heavy atom. The van der Waals surface area contributed by atoms with Crippen molar-refractivity contribution in [3.05, 3.63) is 35.6 Å². The summed E-state index contributed by atoms with van der Waals surface area (Å²) in [6.07, 6.45) is 4.51. The van der Waals surface area contributed by atoms with Crippen LogP contribution in [0.15, 0.2) is 24.3 Å². The maximum absolute atomic E-state index is 13.8. The highest BCUT2D eigenvalue weighted by Crippen LogP contribution is 2.60. The van der Waals surface area contributed by atoms with Crippen LogP contribution in [0.4, 0.5) is 4.39 Å². The van der Waals surface area contributed by atoms with E-state index in [9.17, 15) is 4.39 Å². The number of hydrogen-bond acceptors (Lipinski definition) is 5. The van der Waals surface area contributed by atoms with Crippen molar-refractivity contribution in [2.45, 2.75) is 83.3 Å². The summed E-state index contributed by atoms with van der Waals surface area (Å²) in [6, 6.07) is 6.74. The van der Waals surface area contributed by atoms with Gasteiger partial charge in [-0.25, -0.2) is 14.2 Å². The predicted molar refractivity (Wildman–Crippen MR) is 108 cm³/mol. The van der Waals surface area contributed by atoms with Gasteiger partial charge >= 0.3 is 0 Å². The normalized spacial score (nSPS) is 45.1. The molecule has 5 aliphatic rings. The van der Waals surface area contributed by atoms with E-state index < -0.39 is 17.7 Å². The Kier molecular flexibility index (Phi) is 5.43. The van der Waals surface area contributed by atoms with Crippen LogP contribution >= 0.6 is 0 Å². The SMILES string of the molecule is C[C@H]1[C@@H](CCOCc2ccccc2F)O[C@@H]2OC3(C)CC[C@H]4[C@H](C)CC[C@@H]1[C@@]24OO3. The van der Waals surface area contributed by atoms with Gasteiger partial charge in [-0.15, -0.1) is 0 Å². The van der Waals surface area contributed by atoms with Crippen LogP contribution in [0.5, 0.6) is 0 Å². The number of ether oxygens (including phenoxy) is 3. The summed E-state index contributed by atoms with van der Waals surface area (Å²) >= 11 is 0. The van der Waals surface area contributed by atoms with Crippen molar-refractivity contribution in [3.63, 3.8) is 0 Å². The van der Waals surface area contributed by atoms with E-state index in [2.05, 4.69) is 13.8 Å². The number of rotatable bonds is 5. The van der Waals surface area contributed by atoms with E-state index in [-0.39, 0.29) is 18.5 Å². The van der Waals surface area contributed by atoms with E-state index in [1.54, 1.807) is 12.1 Å². The minimum Gasteiger partial charge on any atom is -0.377 e. The van der Waals surface area contributed by atoms with Gasteiger partial charge in [0, 0.05) is 24.5 Å². The summed E-state index contributed by atoms with van der Waals surface area (Å²) < 4.78 is 32.5. The Morgan fingerprint density at radius 2 is 1.93 bits per heavy atom. The molecule has 1 aromatic carbocycles. The van der Waals surface area contributed by atoms with E-state index in [1.807, 2.05) is 13.0 Å². The van der Waals surface area contributed by atoms with Crippen LogP contribution in [0.3, 0.4) is 0 Å². The van der Waals surface area contributed by atoms with Crippen LogP contribution in [0.2, 0.25) is 0 Å². The Morgan fingerprint density at radius 1 is 1.10 bits per heavy atom. The first-order valence-electron chi connectivity index (χ1n) is 11.4. The van der Waals surface area contributed by atoms with Gasteiger partial charge in [0.2, 0.25) is 5.79 Å². The number of halogens is 1. The van der Waals surface area contributed by atoms with Gasteiger partial charge in [-0.05, 0) is 56.4 Å². The molecule has 4 saturated heterocycles. The molecule has 8 atom stereocenters. The molecular formula is C24H33FO5. The largest absolute Gasteiger partial charge is 0.377 e. The predicted octanol–water partition coefficient (Wildman–Crippen LogP) is 4.98. The van der Waals surface area contributed by atoms with E-state index >= 15 is 0 Å². The van der Waals surface area contributed by atoms with Gasteiger partial charge in [-0.3, -0.25) is 0 Å². The quantitative estimate of drug-likeness (QED) is 0.496. The van der Waals surface area contributed by atoms with E-state index in [0.29, 0.717) is 35.8 Å². The van der Waals surface area contributed by atoms with Crippen molar-refractivity contribution in [2.75, 3.05) is 6.61 Å². The monoisotopic (exact) mass is 420 g/mol. The van der Waals surface area contributed by atoms with Crippen LogP contribution in [-0.4, -0.2) is 30.4 Å². The van der Waals surface area contributed by atoms with Gasteiger partial charge in [0.05, 0.1) is 12.7 Å². The van der Waals surface area contributed by atoms with E-state index in [0.717, 1.165) is 25.7 Å². The summed E-state index contributed by atoms with van der Waals surface area (Å²) in [4.78, 5) is 12.0. The Balaban J connectivity index is 1.29. The summed E-state index contributed by atoms with van der Waals surface area (Å²) in [5, 5.41) is 0. The van der Waals surface area contributed by atoms with Gasteiger partial charge in [0.1, 0.15) is 5.82 Å². The fourth-order valence-corrected chi connectivity index (χ4v) is 6.31. The van der Waals surface area contributed by atoms with Crippen molar-refractivity contribution >= 4 is 0 Å². The first-order valence-corrected chi connectivity index (χ1v) is 11.4. The number of benzene rings is 1. The Hall–Kier alpha value is -1.05. The fourth-order valence-electron chi connectivity index (χ4n) is 6.31. The highest BCUT2D eigenvalue weighted by molar-refractivity contribution is 5.16. The zero-order valence-electron chi connectivity index (χ0n) is 18.1. The van der Waals surface area contributed by atoms with Crippen LogP contribution < -0.4 is 0 Å². The molecule has 4 heterocycles. The van der Waals surface area contributed by atoms with Crippen molar-refractivity contribution in [2.24, 2.45) is 23.7 Å². The molecule has 1 aliphatic carbocycles. The molecular weight excluding hydrogens is 387 g/mol. The molecule has 2 bridgehead atoms. The molecule has 0 radical (unpaired) electrons. The summed E-state index contributed by atoms with van der Waals surface area (Å²) in [7, 11) is 0. The van der Waals surface area contributed by atoms with Crippen molar-refractivity contribution in [1.29, 1.82) is 0 Å². The maximum atomic E-state index is 13.8. The molecule has 1 aromatic rings. The zero-order valence-corrected chi connectivity index (χ0v) is 18.1. The van der Waals surface area contributed by atoms with Gasteiger partial charge in [-0.2, -0.15) is 0 Å². The molecule has 1 unspecified atom stereocenters. The third-order valence-corrected chi connectivity index (χ3v) is 8.06. The van der Waals surface area contributed by atoms with Gasteiger partial charge in [0.25, 0.3) is 0 Å². The average Bonchev–Trinajstić information content (AvgIpc) is 2.96. The molecule has 0 N–H and O–H groups in total. The number of hydrogen-bond donors (Lipinski definition) is 0. The molecule has 6 rings (SSSR count). The lowest BCUT2D eigenvalue weighted by Gasteiger charge is -2.60. The van der Waals surface area contributed by atoms with Gasteiger partial charge < -0.3 is 14.2 Å². The fraction of sp³-hybridized carbons (Fsp3) is 0.750. The second-order valence-electron chi connectivity index (χ2n) is 9.88. The summed E-state index contributed by atoms with van der Waals surface area (Å²) in [5.74, 6) is 0.611. The lowest BCUT2D eigenvalue weighted by Crippen LogP contribution is -2.70. The summed E-state index contributed by atoms with van der Waals surface area (Å²) in [6.45, 7) is 7.32. The van der Waals surface area contributed by atoms with Gasteiger partial charge in [0.15, 0.2) is 11.9 Å². The number of fused-ring (bicyclic) bond motifs is 2. The van der Waals surface area contributed by atoms with E-state index in [4.69, 9.17) is 24.0 Å². The van der Waals surface area contributed by atoms with Crippen LogP contribution in [0, 0.1) is 29.5 Å². The van der Waals surface area contributed by atoms with E-state index in [1.165, 1.54) is 12.5 Å². The lowest BCUT2D eigenvalue weighted by atomic mass is 9.57. The van der Waals surface area contributed by atoms with Crippen LogP contribution in [0.25, 0.3) is 0 Å². The third kappa shape index (κ3) is 3.32. The molecule has 30 heavy (non-hydrogen) atoms. The first-order chi connectivity index (χ1) is 14.4. The Labute approximate surface area is 178 Å². The van der Waals surface area contributed by atoms with Crippen molar-refractivity contribution in [1.82, 2.24) is 0 Å². The zero-order chi connectivity index (χ0) is 20.9. The minimum absolute atomic E-state index is 0.0202. The topological polar surface area (TPSA) is 46.2 Å². The molecule has 4 aliphatic heterocycles. The lowest BCUT2D eigenvalue weighted by molar-refractivity contribution is -0.571. The molecule has 0 aromatic heterocycles. The third-order valence-electron chi connectivity index (χ3n) is 8.06. The summed E-state index contributed by atoms with van der Waals surface area (Å²) in [5.41, 5.74) is 0.0681. The minimum atomic E-state index is -0.746. The Bertz CT molecular complexity index is 774. The highest BCUT2D eigenvalue weighted by atomic mass is 19.1. The average molecular weight is 421 g/mol. The second-order valence-corrected chi connectivity index (χ2v) is 9.88. The first kappa shape index (κ1) is 20.8. The van der Waals surface area contributed by atoms with Crippen LogP contribution in [0.1, 0.15) is 58.4 Å². The molecule has 5 fully saturated rings. The highest BCUT2D eigenvalue weighted by Gasteiger charge is 2.69. The smallest absolute Gasteiger partial charge is 0.201 e. The molecule has 1 saturated carbocycles. The second kappa shape index (κ2) is 7.82. The molecule has 5 nitrogen and oxygen atoms in total. The van der Waals surface area contributed by atoms with Crippen molar-refractivity contribution in [3.8, 4) is 0 Å². The molecule has 1 spiro atoms. The molecule has 166 valence electrons. The van der Waals surface area contributed by atoms with Gasteiger partial charge in [-0.1, -0.05) is 32.0 Å².